The molecule has 1 amide bonds. The van der Waals surface area contributed by atoms with Crippen LogP contribution >= 0.6 is 7.37 Å². The Bertz CT molecular complexity index is 887. The van der Waals surface area contributed by atoms with Gasteiger partial charge in [-0.1, -0.05) is 74.5 Å². The molecule has 0 aromatic heterocycles. The number of carboxylic acids is 1. The molecule has 0 aliphatic heterocycles. The van der Waals surface area contributed by atoms with Crippen molar-refractivity contribution in [2.75, 3.05) is 6.16 Å². The minimum absolute atomic E-state index is 0.0194. The molecule has 0 aliphatic rings. The highest BCUT2D eigenvalue weighted by Crippen LogP contribution is 2.49. The molecule has 168 valence electrons. The second kappa shape index (κ2) is 11.7. The number of ether oxygens (including phenoxy) is 1. The zero-order chi connectivity index (χ0) is 22.9. The van der Waals surface area contributed by atoms with E-state index in [4.69, 9.17) is 4.74 Å². The molecule has 3 N–H and O–H groups in total. The molecular weight excluding hydrogens is 417 g/mol. The third kappa shape index (κ3) is 8.56. The lowest BCUT2D eigenvalue weighted by Crippen LogP contribution is -2.38. The van der Waals surface area contributed by atoms with Gasteiger partial charge in [0.05, 0.1) is 5.92 Å². The first-order valence-corrected chi connectivity index (χ1v) is 12.1. The summed E-state index contributed by atoms with van der Waals surface area (Å²) in [6.07, 6.45) is -0.883. The maximum absolute atomic E-state index is 13.2. The van der Waals surface area contributed by atoms with Gasteiger partial charge in [-0.3, -0.25) is 9.36 Å². The quantitative estimate of drug-likeness (QED) is 0.437. The molecule has 31 heavy (non-hydrogen) atoms. The molecule has 0 saturated heterocycles. The Kier molecular flexibility index (Phi) is 9.28. The number of aliphatic carboxylic acids is 1. The predicted octanol–water partition coefficient (Wildman–Crippen LogP) is 4.50. The van der Waals surface area contributed by atoms with Gasteiger partial charge in [-0.15, -0.1) is 0 Å². The van der Waals surface area contributed by atoms with Crippen LogP contribution in [0.4, 0.5) is 4.79 Å². The van der Waals surface area contributed by atoms with Crippen molar-refractivity contribution in [3.05, 3.63) is 71.8 Å². The Hall–Kier alpha value is -2.63. The van der Waals surface area contributed by atoms with Crippen LogP contribution in [0.25, 0.3) is 0 Å². The Labute approximate surface area is 182 Å². The second-order valence-electron chi connectivity index (χ2n) is 8.01. The number of carbonyl (C=O) groups is 2. The van der Waals surface area contributed by atoms with Crippen LogP contribution in [0.2, 0.25) is 0 Å². The summed E-state index contributed by atoms with van der Waals surface area (Å²) in [5.74, 6) is -3.20. The Morgan fingerprint density at radius 2 is 1.55 bits per heavy atom. The number of hydrogen-bond donors (Lipinski definition) is 3. The summed E-state index contributed by atoms with van der Waals surface area (Å²) in [7, 11) is -4.08. The molecule has 0 radical (unpaired) electrons. The van der Waals surface area contributed by atoms with Crippen molar-refractivity contribution in [1.29, 1.82) is 0 Å². The van der Waals surface area contributed by atoms with Crippen molar-refractivity contribution in [2.45, 2.75) is 39.1 Å². The van der Waals surface area contributed by atoms with Crippen LogP contribution in [0.15, 0.2) is 60.7 Å². The van der Waals surface area contributed by atoms with E-state index in [1.807, 2.05) is 38.1 Å². The summed E-state index contributed by atoms with van der Waals surface area (Å²) < 4.78 is 18.5. The molecule has 2 aromatic rings. The highest BCUT2D eigenvalue weighted by Gasteiger charge is 2.37. The van der Waals surface area contributed by atoms with Crippen LogP contribution in [0.1, 0.15) is 31.4 Å². The van der Waals surface area contributed by atoms with Gasteiger partial charge >= 0.3 is 12.1 Å². The molecule has 0 spiro atoms. The highest BCUT2D eigenvalue weighted by atomic mass is 31.2. The van der Waals surface area contributed by atoms with Gasteiger partial charge in [0.1, 0.15) is 12.4 Å². The third-order valence-electron chi connectivity index (χ3n) is 4.84. The Morgan fingerprint density at radius 3 is 2.06 bits per heavy atom. The average molecular weight is 447 g/mol. The summed E-state index contributed by atoms with van der Waals surface area (Å²) in [4.78, 5) is 34.8. The number of rotatable bonds is 11. The normalized spacial score (nSPS) is 15.0. The first kappa shape index (κ1) is 24.6. The summed E-state index contributed by atoms with van der Waals surface area (Å²) >= 11 is 0. The fourth-order valence-corrected chi connectivity index (χ4v) is 5.29. The Morgan fingerprint density at radius 1 is 1.00 bits per heavy atom. The fraction of sp³-hybridized carbons (Fsp3) is 0.391. The van der Waals surface area contributed by atoms with Gasteiger partial charge in [-0.2, -0.15) is 0 Å². The monoisotopic (exact) mass is 447 g/mol. The highest BCUT2D eigenvalue weighted by molar-refractivity contribution is 7.58. The van der Waals surface area contributed by atoms with Crippen molar-refractivity contribution in [2.24, 2.45) is 11.8 Å². The summed E-state index contributed by atoms with van der Waals surface area (Å²) in [6.45, 7) is 3.74. The van der Waals surface area contributed by atoms with Gasteiger partial charge in [-0.25, -0.2) is 4.79 Å². The molecule has 7 nitrogen and oxygen atoms in total. The van der Waals surface area contributed by atoms with E-state index in [2.05, 4.69) is 5.32 Å². The zero-order valence-corrected chi connectivity index (χ0v) is 18.7. The zero-order valence-electron chi connectivity index (χ0n) is 17.8. The van der Waals surface area contributed by atoms with Crippen LogP contribution in [-0.2, 0) is 27.1 Å². The number of benzene rings is 2. The molecule has 1 unspecified atom stereocenters. The number of carbonyl (C=O) groups excluding carboxylic acids is 1. The number of amides is 1. The number of nitrogens with one attached hydrogen (secondary N) is 1. The van der Waals surface area contributed by atoms with E-state index < -0.39 is 37.3 Å². The average Bonchev–Trinajstić information content (AvgIpc) is 2.72. The van der Waals surface area contributed by atoms with Gasteiger partial charge < -0.3 is 20.1 Å². The fourth-order valence-electron chi connectivity index (χ4n) is 3.30. The first-order valence-electron chi connectivity index (χ1n) is 10.2. The molecule has 8 heteroatoms. The number of carboxylic acid groups (broad SMARTS) is 1. The molecule has 0 fully saturated rings. The van der Waals surface area contributed by atoms with Crippen LogP contribution in [-0.4, -0.2) is 34.0 Å². The largest absolute Gasteiger partial charge is 0.481 e. The lowest BCUT2D eigenvalue weighted by Gasteiger charge is -2.27. The van der Waals surface area contributed by atoms with E-state index in [9.17, 15) is 24.2 Å². The summed E-state index contributed by atoms with van der Waals surface area (Å²) in [5.41, 5.74) is 1.54. The minimum atomic E-state index is -4.08. The molecule has 2 rings (SSSR count). The minimum Gasteiger partial charge on any atom is -0.481 e. The van der Waals surface area contributed by atoms with Crippen LogP contribution < -0.4 is 5.32 Å². The maximum Gasteiger partial charge on any atom is 0.408 e. The summed E-state index contributed by atoms with van der Waals surface area (Å²) in [5, 5.41) is 12.0. The number of hydrogen-bond acceptors (Lipinski definition) is 4. The van der Waals surface area contributed by atoms with E-state index in [-0.39, 0.29) is 25.4 Å². The molecule has 0 aliphatic carbocycles. The van der Waals surface area contributed by atoms with E-state index >= 15 is 0 Å². The van der Waals surface area contributed by atoms with Crippen molar-refractivity contribution in [3.8, 4) is 0 Å². The van der Waals surface area contributed by atoms with Gasteiger partial charge in [0.25, 0.3) is 0 Å². The molecule has 0 bridgehead atoms. The van der Waals surface area contributed by atoms with E-state index in [0.717, 1.165) is 11.1 Å². The topological polar surface area (TPSA) is 113 Å². The summed E-state index contributed by atoms with van der Waals surface area (Å²) in [6, 6.07) is 18.1. The van der Waals surface area contributed by atoms with Crippen molar-refractivity contribution < 1.29 is 28.9 Å². The number of alkyl carbamates (subject to hydrolysis) is 1. The molecule has 0 saturated carbocycles. The van der Waals surface area contributed by atoms with E-state index in [1.165, 1.54) is 0 Å². The standard InChI is InChI=1S/C23H30NO6P/c1-17(2)13-20(22(25)26)16-31(28,29)21(14-18-9-5-3-6-10-18)24-23(27)30-15-19-11-7-4-8-12-19/h3-12,17,20-21H,13-16H2,1-2H3,(H,24,27)(H,25,26)(H,28,29)/t20-,21+/m1/s1. The molecule has 2 aromatic carbocycles. The predicted molar refractivity (Wildman–Crippen MR) is 119 cm³/mol. The molecular formula is C23H30NO6P. The van der Waals surface area contributed by atoms with Crippen LogP contribution in [0, 0.1) is 11.8 Å². The second-order valence-corrected chi connectivity index (χ2v) is 10.5. The van der Waals surface area contributed by atoms with Gasteiger partial charge in [0.2, 0.25) is 7.37 Å². The SMILES string of the molecule is CC(C)C[C@H](CP(=O)(O)[C@@H](Cc1ccccc1)NC(=O)OCc1ccccc1)C(=O)O. The maximum atomic E-state index is 13.2. The Balaban J connectivity index is 2.15. The van der Waals surface area contributed by atoms with E-state index in [1.54, 1.807) is 36.4 Å². The first-order chi connectivity index (χ1) is 14.7. The molecule has 3 atom stereocenters. The van der Waals surface area contributed by atoms with Gasteiger partial charge in [0, 0.05) is 12.6 Å². The lowest BCUT2D eigenvalue weighted by atomic mass is 9.99. The van der Waals surface area contributed by atoms with Crippen LogP contribution in [0.3, 0.4) is 0 Å². The van der Waals surface area contributed by atoms with Crippen LogP contribution in [0.5, 0.6) is 0 Å². The van der Waals surface area contributed by atoms with Gasteiger partial charge in [-0.05, 0) is 23.5 Å². The van der Waals surface area contributed by atoms with E-state index in [0.29, 0.717) is 0 Å². The molecule has 0 heterocycles. The lowest BCUT2D eigenvalue weighted by molar-refractivity contribution is -0.141. The van der Waals surface area contributed by atoms with Crippen molar-refractivity contribution in [1.82, 2.24) is 5.32 Å². The third-order valence-corrected chi connectivity index (χ3v) is 7.09. The smallest absolute Gasteiger partial charge is 0.408 e. The van der Waals surface area contributed by atoms with Crippen molar-refractivity contribution >= 4 is 19.4 Å². The van der Waals surface area contributed by atoms with Gasteiger partial charge in [0.15, 0.2) is 0 Å². The van der Waals surface area contributed by atoms with Crippen molar-refractivity contribution in [3.63, 3.8) is 0 Å².